The molecule has 0 fully saturated rings. The number of hydrogen-bond acceptors (Lipinski definition) is 2. The maximum atomic E-state index is 13.1. The van der Waals surface area contributed by atoms with Crippen LogP contribution >= 0.6 is 0 Å². The predicted octanol–water partition coefficient (Wildman–Crippen LogP) is 3.12. The van der Waals surface area contributed by atoms with E-state index in [2.05, 4.69) is 5.16 Å². The molecule has 0 radical (unpaired) electrons. The molecule has 0 unspecified atom stereocenters. The Morgan fingerprint density at radius 3 is 2.80 bits per heavy atom. The van der Waals surface area contributed by atoms with Crippen molar-refractivity contribution in [3.05, 3.63) is 35.4 Å². The minimum atomic E-state index is -0.878. The highest BCUT2D eigenvalue weighted by molar-refractivity contribution is 5.58. The Morgan fingerprint density at radius 1 is 1.40 bits per heavy atom. The highest BCUT2D eigenvalue weighted by Gasteiger charge is 2.07. The van der Waals surface area contributed by atoms with Crippen LogP contribution in [0.4, 0.5) is 8.78 Å². The van der Waals surface area contributed by atoms with Crippen molar-refractivity contribution in [3.63, 3.8) is 0 Å². The van der Waals surface area contributed by atoms with Crippen LogP contribution in [0.2, 0.25) is 0 Å². The van der Waals surface area contributed by atoms with Crippen LogP contribution in [0.5, 0.6) is 0 Å². The van der Waals surface area contributed by atoms with Crippen molar-refractivity contribution in [2.45, 2.75) is 20.5 Å². The first kappa shape index (κ1) is 11.6. The van der Waals surface area contributed by atoms with Crippen molar-refractivity contribution < 1.29 is 13.6 Å². The predicted molar refractivity (Wildman–Crippen MR) is 54.5 cm³/mol. The summed E-state index contributed by atoms with van der Waals surface area (Å²) in [6.45, 7) is 3.82. The van der Waals surface area contributed by atoms with Crippen LogP contribution in [0.3, 0.4) is 0 Å². The number of oxime groups is 1. The second-order valence-electron chi connectivity index (χ2n) is 3.48. The molecule has 0 amide bonds. The van der Waals surface area contributed by atoms with Gasteiger partial charge in [-0.2, -0.15) is 0 Å². The van der Waals surface area contributed by atoms with Crippen LogP contribution in [-0.2, 0) is 11.4 Å². The lowest BCUT2D eigenvalue weighted by Gasteiger charge is -2.02. The molecule has 0 heterocycles. The molecule has 1 rings (SSSR count). The van der Waals surface area contributed by atoms with Gasteiger partial charge >= 0.3 is 0 Å². The van der Waals surface area contributed by atoms with E-state index in [0.717, 1.165) is 6.07 Å². The summed E-state index contributed by atoms with van der Waals surface area (Å²) < 4.78 is 25.8. The van der Waals surface area contributed by atoms with Gasteiger partial charge in [-0.1, -0.05) is 31.1 Å². The first-order valence-corrected chi connectivity index (χ1v) is 4.69. The van der Waals surface area contributed by atoms with Gasteiger partial charge in [0.15, 0.2) is 11.6 Å². The van der Waals surface area contributed by atoms with Crippen molar-refractivity contribution in [1.82, 2.24) is 0 Å². The van der Waals surface area contributed by atoms with Crippen LogP contribution in [0.1, 0.15) is 19.4 Å². The zero-order chi connectivity index (χ0) is 11.3. The zero-order valence-electron chi connectivity index (χ0n) is 8.71. The van der Waals surface area contributed by atoms with E-state index in [-0.39, 0.29) is 18.1 Å². The summed E-state index contributed by atoms with van der Waals surface area (Å²) in [6, 6.07) is 3.96. The smallest absolute Gasteiger partial charge is 0.165 e. The van der Waals surface area contributed by atoms with E-state index in [1.807, 2.05) is 13.8 Å². The fraction of sp³-hybridized carbons (Fsp3) is 0.364. The first-order valence-electron chi connectivity index (χ1n) is 4.69. The molecule has 15 heavy (non-hydrogen) atoms. The lowest BCUT2D eigenvalue weighted by molar-refractivity contribution is 0.127. The molecule has 0 saturated carbocycles. The molecule has 0 spiro atoms. The first-order chi connectivity index (χ1) is 7.11. The Morgan fingerprint density at radius 2 is 2.13 bits per heavy atom. The van der Waals surface area contributed by atoms with Gasteiger partial charge in [0.05, 0.1) is 0 Å². The van der Waals surface area contributed by atoms with Crippen LogP contribution in [0.15, 0.2) is 23.4 Å². The average Bonchev–Trinajstić information content (AvgIpc) is 2.18. The molecular formula is C11H13F2NO. The van der Waals surface area contributed by atoms with Gasteiger partial charge < -0.3 is 4.84 Å². The van der Waals surface area contributed by atoms with Gasteiger partial charge in [0.1, 0.15) is 6.61 Å². The molecule has 1 aromatic carbocycles. The summed E-state index contributed by atoms with van der Waals surface area (Å²) in [5, 5.41) is 3.62. The molecule has 2 nitrogen and oxygen atoms in total. The Labute approximate surface area is 87.6 Å². The summed E-state index contributed by atoms with van der Waals surface area (Å²) in [5.41, 5.74) is 0.163. The van der Waals surface area contributed by atoms with E-state index in [1.54, 1.807) is 6.21 Å². The second-order valence-corrected chi connectivity index (χ2v) is 3.48. The van der Waals surface area contributed by atoms with Crippen molar-refractivity contribution in [3.8, 4) is 0 Å². The number of rotatable bonds is 4. The quantitative estimate of drug-likeness (QED) is 0.556. The lowest BCUT2D eigenvalue weighted by Crippen LogP contribution is -1.96. The average molecular weight is 213 g/mol. The fourth-order valence-corrected chi connectivity index (χ4v) is 0.931. The Hall–Kier alpha value is -1.45. The maximum absolute atomic E-state index is 13.1. The molecule has 0 aliphatic rings. The van der Waals surface area contributed by atoms with Crippen LogP contribution in [-0.4, -0.2) is 6.21 Å². The molecule has 1 aromatic rings. The fourth-order valence-electron chi connectivity index (χ4n) is 0.931. The molecule has 0 aliphatic heterocycles. The molecule has 0 atom stereocenters. The Kier molecular flexibility index (Phi) is 4.21. The summed E-state index contributed by atoms with van der Waals surface area (Å²) in [4.78, 5) is 4.83. The van der Waals surface area contributed by atoms with E-state index in [9.17, 15) is 8.78 Å². The number of benzene rings is 1. The van der Waals surface area contributed by atoms with Gasteiger partial charge in [-0.25, -0.2) is 8.78 Å². The van der Waals surface area contributed by atoms with E-state index < -0.39 is 11.6 Å². The van der Waals surface area contributed by atoms with Crippen LogP contribution in [0, 0.1) is 17.6 Å². The van der Waals surface area contributed by atoms with E-state index in [0.29, 0.717) is 0 Å². The number of hydrogen-bond donors (Lipinski definition) is 0. The number of halogens is 2. The third kappa shape index (κ3) is 3.65. The molecule has 82 valence electrons. The molecule has 0 N–H and O–H groups in total. The number of nitrogens with zero attached hydrogens (tertiary/aromatic N) is 1. The van der Waals surface area contributed by atoms with Crippen LogP contribution in [0.25, 0.3) is 0 Å². The van der Waals surface area contributed by atoms with Gasteiger partial charge in [-0.05, 0) is 12.0 Å². The van der Waals surface area contributed by atoms with Crippen molar-refractivity contribution >= 4 is 6.21 Å². The van der Waals surface area contributed by atoms with Crippen molar-refractivity contribution in [2.75, 3.05) is 0 Å². The summed E-state index contributed by atoms with van der Waals surface area (Å²) >= 11 is 0. The van der Waals surface area contributed by atoms with Gasteiger partial charge in [0, 0.05) is 11.8 Å². The third-order valence-electron chi connectivity index (χ3n) is 1.69. The van der Waals surface area contributed by atoms with Gasteiger partial charge in [0.2, 0.25) is 0 Å². The van der Waals surface area contributed by atoms with Crippen LogP contribution < -0.4 is 0 Å². The normalized spacial score (nSPS) is 11.3. The monoisotopic (exact) mass is 213 g/mol. The van der Waals surface area contributed by atoms with Crippen molar-refractivity contribution in [1.29, 1.82) is 0 Å². The minimum Gasteiger partial charge on any atom is -0.391 e. The van der Waals surface area contributed by atoms with Gasteiger partial charge in [-0.3, -0.25) is 0 Å². The largest absolute Gasteiger partial charge is 0.391 e. The standard InChI is InChI=1S/C11H13F2NO/c1-8(2)6-14-15-7-9-4-3-5-10(12)11(9)13/h3-6,8H,7H2,1-2H3. The lowest BCUT2D eigenvalue weighted by atomic mass is 10.2. The van der Waals surface area contributed by atoms with Crippen molar-refractivity contribution in [2.24, 2.45) is 11.1 Å². The van der Waals surface area contributed by atoms with E-state index in [1.165, 1.54) is 12.1 Å². The molecule has 0 aromatic heterocycles. The Balaban J connectivity index is 2.55. The third-order valence-corrected chi connectivity index (χ3v) is 1.69. The van der Waals surface area contributed by atoms with Gasteiger partial charge in [0.25, 0.3) is 0 Å². The SMILES string of the molecule is CC(C)C=NOCc1cccc(F)c1F. The maximum Gasteiger partial charge on any atom is 0.165 e. The zero-order valence-corrected chi connectivity index (χ0v) is 8.71. The van der Waals surface area contributed by atoms with Gasteiger partial charge in [-0.15, -0.1) is 0 Å². The summed E-state index contributed by atoms with van der Waals surface area (Å²) in [6.07, 6.45) is 1.59. The highest BCUT2D eigenvalue weighted by atomic mass is 19.2. The van der Waals surface area contributed by atoms with E-state index in [4.69, 9.17) is 4.84 Å². The summed E-state index contributed by atoms with van der Waals surface area (Å²) in [5.74, 6) is -1.48. The van der Waals surface area contributed by atoms with E-state index >= 15 is 0 Å². The second kappa shape index (κ2) is 5.44. The molecular weight excluding hydrogens is 200 g/mol. The Bertz CT molecular complexity index is 350. The minimum absolute atomic E-state index is 0.0627. The topological polar surface area (TPSA) is 21.6 Å². The summed E-state index contributed by atoms with van der Waals surface area (Å²) in [7, 11) is 0. The molecule has 4 heteroatoms. The molecule has 0 saturated heterocycles. The highest BCUT2D eigenvalue weighted by Crippen LogP contribution is 2.12. The molecule has 0 aliphatic carbocycles. The molecule has 0 bridgehead atoms.